The number of nitro benzene ring substituents is 1. The van der Waals surface area contributed by atoms with Gasteiger partial charge in [-0.05, 0) is 36.4 Å². The van der Waals surface area contributed by atoms with Crippen LogP contribution in [0.15, 0.2) is 72.3 Å². The van der Waals surface area contributed by atoms with E-state index in [2.05, 4.69) is 10.6 Å². The highest BCUT2D eigenvalue weighted by atomic mass is 35.5. The van der Waals surface area contributed by atoms with Crippen molar-refractivity contribution in [3.05, 3.63) is 105 Å². The number of nitrogens with one attached hydrogen (secondary N) is 2. The number of nitrogens with zero attached hydrogens (tertiary/aromatic N) is 1. The van der Waals surface area contributed by atoms with E-state index in [4.69, 9.17) is 11.6 Å². The number of halogens is 3. The van der Waals surface area contributed by atoms with Gasteiger partial charge in [0.15, 0.2) is 0 Å². The molecule has 0 saturated heterocycles. The molecule has 0 fully saturated rings. The number of amides is 2. The highest BCUT2D eigenvalue weighted by Crippen LogP contribution is 2.25. The molecule has 0 aromatic heterocycles. The fourth-order valence-corrected chi connectivity index (χ4v) is 2.82. The Bertz CT molecular complexity index is 1190. The van der Waals surface area contributed by atoms with Gasteiger partial charge >= 0.3 is 0 Å². The minimum Gasteiger partial charge on any atom is -0.319 e. The van der Waals surface area contributed by atoms with Gasteiger partial charge in [0.1, 0.15) is 17.2 Å². The highest BCUT2D eigenvalue weighted by molar-refractivity contribution is 6.33. The summed E-state index contributed by atoms with van der Waals surface area (Å²) in [6.45, 7) is 0. The monoisotopic (exact) mass is 457 g/mol. The molecule has 162 valence electrons. The van der Waals surface area contributed by atoms with Gasteiger partial charge in [-0.25, -0.2) is 8.78 Å². The lowest BCUT2D eigenvalue weighted by atomic mass is 10.1. The third-order valence-corrected chi connectivity index (χ3v) is 4.57. The molecule has 3 aromatic rings. The lowest BCUT2D eigenvalue weighted by Crippen LogP contribution is -2.26. The Morgan fingerprint density at radius 2 is 1.38 bits per heavy atom. The van der Waals surface area contributed by atoms with Crippen molar-refractivity contribution in [1.29, 1.82) is 0 Å². The first-order chi connectivity index (χ1) is 15.3. The minimum atomic E-state index is -1.04. The molecule has 3 aromatic carbocycles. The second-order valence-corrected chi connectivity index (χ2v) is 6.80. The zero-order chi connectivity index (χ0) is 23.3. The van der Waals surface area contributed by atoms with Crippen molar-refractivity contribution in [2.24, 2.45) is 0 Å². The molecule has 0 aliphatic carbocycles. The first-order valence-corrected chi connectivity index (χ1v) is 9.41. The van der Waals surface area contributed by atoms with E-state index in [9.17, 15) is 28.5 Å². The van der Waals surface area contributed by atoms with Crippen molar-refractivity contribution >= 4 is 46.6 Å². The fraction of sp³-hybridized carbons (Fsp3) is 0. The Hall–Kier alpha value is -4.11. The fourth-order valence-electron chi connectivity index (χ4n) is 2.65. The standard InChI is InChI=1S/C22H14ClF2N3O4/c23-16-10-9-14(28(31)32)11-13(16)12-15(21(29)26-19-7-3-1-5-17(19)24)22(30)27-20-8-4-2-6-18(20)25/h1-12H,(H,26,29)(H,27,30). The molecular formula is C22H14ClF2N3O4. The summed E-state index contributed by atoms with van der Waals surface area (Å²) >= 11 is 6.07. The predicted molar refractivity (Wildman–Crippen MR) is 116 cm³/mol. The summed E-state index contributed by atoms with van der Waals surface area (Å²) in [5, 5.41) is 15.6. The van der Waals surface area contributed by atoms with Crippen LogP contribution in [0.1, 0.15) is 5.56 Å². The highest BCUT2D eigenvalue weighted by Gasteiger charge is 2.22. The molecule has 2 amide bonds. The molecular weight excluding hydrogens is 444 g/mol. The van der Waals surface area contributed by atoms with E-state index in [1.807, 2.05) is 0 Å². The lowest BCUT2D eigenvalue weighted by Gasteiger charge is -2.12. The molecule has 32 heavy (non-hydrogen) atoms. The maximum Gasteiger partial charge on any atom is 0.270 e. The summed E-state index contributed by atoms with van der Waals surface area (Å²) in [7, 11) is 0. The smallest absolute Gasteiger partial charge is 0.270 e. The van der Waals surface area contributed by atoms with E-state index >= 15 is 0 Å². The molecule has 0 aliphatic heterocycles. The quantitative estimate of drug-likeness (QED) is 0.175. The first-order valence-electron chi connectivity index (χ1n) is 9.03. The Labute approximate surface area is 185 Å². The molecule has 0 unspecified atom stereocenters. The second-order valence-electron chi connectivity index (χ2n) is 6.39. The van der Waals surface area contributed by atoms with Crippen molar-refractivity contribution in [3.8, 4) is 0 Å². The van der Waals surface area contributed by atoms with Crippen LogP contribution in [0.4, 0.5) is 25.8 Å². The maximum absolute atomic E-state index is 14.0. The van der Waals surface area contributed by atoms with Gasteiger partial charge in [-0.15, -0.1) is 0 Å². The van der Waals surface area contributed by atoms with Crippen LogP contribution >= 0.6 is 11.6 Å². The molecule has 0 spiro atoms. The maximum atomic E-state index is 14.0. The van der Waals surface area contributed by atoms with Crippen LogP contribution < -0.4 is 10.6 Å². The number of benzene rings is 3. The Morgan fingerprint density at radius 1 is 0.875 bits per heavy atom. The summed E-state index contributed by atoms with van der Waals surface area (Å²) < 4.78 is 27.9. The SMILES string of the molecule is O=C(Nc1ccccc1F)C(=Cc1cc([N+](=O)[O-])ccc1Cl)C(=O)Nc1ccccc1F. The van der Waals surface area contributed by atoms with Gasteiger partial charge in [-0.3, -0.25) is 19.7 Å². The van der Waals surface area contributed by atoms with E-state index in [0.717, 1.165) is 30.3 Å². The number of carbonyl (C=O) groups excluding carboxylic acids is 2. The molecule has 0 atom stereocenters. The van der Waals surface area contributed by atoms with Crippen LogP contribution in [0, 0.1) is 21.7 Å². The second kappa shape index (κ2) is 9.80. The van der Waals surface area contributed by atoms with Gasteiger partial charge in [0, 0.05) is 22.7 Å². The average Bonchev–Trinajstić information content (AvgIpc) is 2.76. The summed E-state index contributed by atoms with van der Waals surface area (Å²) in [5.74, 6) is -3.57. The van der Waals surface area contributed by atoms with Crippen molar-refractivity contribution in [3.63, 3.8) is 0 Å². The van der Waals surface area contributed by atoms with Crippen molar-refractivity contribution in [2.45, 2.75) is 0 Å². The molecule has 10 heteroatoms. The minimum absolute atomic E-state index is 0.0109. The number of hydrogen-bond acceptors (Lipinski definition) is 4. The van der Waals surface area contributed by atoms with Gasteiger partial charge in [-0.1, -0.05) is 35.9 Å². The van der Waals surface area contributed by atoms with Crippen LogP contribution in [0.25, 0.3) is 6.08 Å². The summed E-state index contributed by atoms with van der Waals surface area (Å²) in [4.78, 5) is 36.1. The van der Waals surface area contributed by atoms with Gasteiger partial charge < -0.3 is 10.6 Å². The Kier molecular flexibility index (Phi) is 6.91. The summed E-state index contributed by atoms with van der Waals surface area (Å²) in [5.41, 5.74) is -1.33. The predicted octanol–water partition coefficient (Wildman–Crippen LogP) is 5.19. The molecule has 0 saturated carbocycles. The zero-order valence-corrected chi connectivity index (χ0v) is 16.9. The summed E-state index contributed by atoms with van der Waals surface area (Å²) in [6.07, 6.45) is 1.00. The van der Waals surface area contributed by atoms with Crippen LogP contribution in [-0.2, 0) is 9.59 Å². The van der Waals surface area contributed by atoms with E-state index in [1.165, 1.54) is 42.5 Å². The van der Waals surface area contributed by atoms with Gasteiger partial charge in [-0.2, -0.15) is 0 Å². The molecule has 0 bridgehead atoms. The third kappa shape index (κ3) is 5.32. The average molecular weight is 458 g/mol. The van der Waals surface area contributed by atoms with E-state index in [1.54, 1.807) is 0 Å². The van der Waals surface area contributed by atoms with Crippen LogP contribution in [0.3, 0.4) is 0 Å². The lowest BCUT2D eigenvalue weighted by molar-refractivity contribution is -0.384. The normalized spacial score (nSPS) is 10.2. The van der Waals surface area contributed by atoms with E-state index < -0.39 is 33.9 Å². The van der Waals surface area contributed by atoms with E-state index in [0.29, 0.717) is 0 Å². The van der Waals surface area contributed by atoms with Crippen molar-refractivity contribution in [1.82, 2.24) is 0 Å². The van der Waals surface area contributed by atoms with Gasteiger partial charge in [0.2, 0.25) is 0 Å². The first kappa shape index (κ1) is 22.6. The molecule has 3 rings (SSSR count). The van der Waals surface area contributed by atoms with Gasteiger partial charge in [0.25, 0.3) is 17.5 Å². The number of rotatable bonds is 6. The number of carbonyl (C=O) groups is 2. The van der Waals surface area contributed by atoms with Crippen LogP contribution in [0.5, 0.6) is 0 Å². The van der Waals surface area contributed by atoms with Crippen molar-refractivity contribution < 1.29 is 23.3 Å². The van der Waals surface area contributed by atoms with Gasteiger partial charge in [0.05, 0.1) is 16.3 Å². The zero-order valence-electron chi connectivity index (χ0n) is 16.1. The number of anilines is 2. The number of nitro groups is 1. The largest absolute Gasteiger partial charge is 0.319 e. The Morgan fingerprint density at radius 3 is 1.84 bits per heavy atom. The third-order valence-electron chi connectivity index (χ3n) is 4.22. The number of hydrogen-bond donors (Lipinski definition) is 2. The Balaban J connectivity index is 2.03. The molecule has 0 heterocycles. The summed E-state index contributed by atoms with van der Waals surface area (Å²) in [6, 6.07) is 14.0. The van der Waals surface area contributed by atoms with Crippen LogP contribution in [0.2, 0.25) is 5.02 Å². The topological polar surface area (TPSA) is 101 Å². The molecule has 7 nitrogen and oxygen atoms in total. The van der Waals surface area contributed by atoms with Crippen LogP contribution in [-0.4, -0.2) is 16.7 Å². The molecule has 0 aliphatic rings. The number of para-hydroxylation sites is 2. The number of non-ortho nitro benzene ring substituents is 1. The van der Waals surface area contributed by atoms with E-state index in [-0.39, 0.29) is 27.6 Å². The van der Waals surface area contributed by atoms with Crippen molar-refractivity contribution in [2.75, 3.05) is 10.6 Å². The molecule has 0 radical (unpaired) electrons. The molecule has 2 N–H and O–H groups in total.